The Hall–Kier alpha value is -2.47. The molecule has 0 fully saturated rings. The summed E-state index contributed by atoms with van der Waals surface area (Å²) in [5.74, 6) is -3.65. The van der Waals surface area contributed by atoms with E-state index in [0.29, 0.717) is 0 Å². The number of hydrogen-bond acceptors (Lipinski definition) is 4. The molecule has 2 rings (SSSR count). The highest BCUT2D eigenvalue weighted by Gasteiger charge is 2.35. The number of benzene rings is 2. The second-order valence-corrected chi connectivity index (χ2v) is 9.69. The van der Waals surface area contributed by atoms with Gasteiger partial charge in [-0.1, -0.05) is 60.7 Å². The Bertz CT molecular complexity index is 860. The number of carboxylic acids is 1. The van der Waals surface area contributed by atoms with Crippen LogP contribution >= 0.6 is 7.37 Å². The zero-order valence-corrected chi connectivity index (χ0v) is 17.2. The van der Waals surface area contributed by atoms with E-state index in [-0.39, 0.29) is 19.0 Å². The Morgan fingerprint density at radius 3 is 1.97 bits per heavy atom. The van der Waals surface area contributed by atoms with Crippen LogP contribution in [0.3, 0.4) is 0 Å². The maximum Gasteiger partial charge on any atom is 0.325 e. The lowest BCUT2D eigenvalue weighted by atomic mass is 10.00. The van der Waals surface area contributed by atoms with Gasteiger partial charge < -0.3 is 21.1 Å². The summed E-state index contributed by atoms with van der Waals surface area (Å²) in [6, 6.07) is 17.1. The van der Waals surface area contributed by atoms with E-state index < -0.39 is 37.0 Å². The van der Waals surface area contributed by atoms with Gasteiger partial charge in [0.05, 0.1) is 11.7 Å². The molecule has 29 heavy (non-hydrogen) atoms. The van der Waals surface area contributed by atoms with Crippen molar-refractivity contribution in [1.29, 1.82) is 0 Å². The molecule has 0 aliphatic heterocycles. The normalized spacial score (nSPS) is 16.2. The van der Waals surface area contributed by atoms with E-state index in [4.69, 9.17) is 10.8 Å². The van der Waals surface area contributed by atoms with Crippen LogP contribution in [0.1, 0.15) is 18.1 Å². The van der Waals surface area contributed by atoms with E-state index in [1.807, 2.05) is 60.7 Å². The van der Waals surface area contributed by atoms with Crippen LogP contribution in [0.2, 0.25) is 0 Å². The van der Waals surface area contributed by atoms with Crippen molar-refractivity contribution in [3.8, 4) is 0 Å². The average molecular weight is 418 g/mol. The molecule has 0 aliphatic rings. The van der Waals surface area contributed by atoms with Gasteiger partial charge in [0.2, 0.25) is 13.3 Å². The minimum absolute atomic E-state index is 0.208. The molecular weight excluding hydrogens is 391 g/mol. The van der Waals surface area contributed by atoms with Gasteiger partial charge in [-0.25, -0.2) is 0 Å². The minimum Gasteiger partial charge on any atom is -0.480 e. The molecule has 8 heteroatoms. The summed E-state index contributed by atoms with van der Waals surface area (Å²) in [5, 5.41) is 11.4. The van der Waals surface area contributed by atoms with Crippen LogP contribution in [-0.2, 0) is 27.0 Å². The Balaban J connectivity index is 2.16. The van der Waals surface area contributed by atoms with Crippen molar-refractivity contribution in [2.45, 2.75) is 31.6 Å². The zero-order valence-electron chi connectivity index (χ0n) is 16.3. The smallest absolute Gasteiger partial charge is 0.325 e. The van der Waals surface area contributed by atoms with E-state index in [9.17, 15) is 19.0 Å². The summed E-state index contributed by atoms with van der Waals surface area (Å²) >= 11 is 0. The van der Waals surface area contributed by atoms with Crippen molar-refractivity contribution in [3.63, 3.8) is 0 Å². The molecule has 2 aromatic carbocycles. The molecule has 4 atom stereocenters. The third-order valence-corrected chi connectivity index (χ3v) is 6.90. The second kappa shape index (κ2) is 10.3. The van der Waals surface area contributed by atoms with Gasteiger partial charge in [0.25, 0.3) is 0 Å². The van der Waals surface area contributed by atoms with Crippen molar-refractivity contribution in [2.75, 3.05) is 6.16 Å². The maximum absolute atomic E-state index is 13.0. The number of hydrogen-bond donors (Lipinski definition) is 4. The lowest BCUT2D eigenvalue weighted by Gasteiger charge is -2.25. The van der Waals surface area contributed by atoms with E-state index in [2.05, 4.69) is 5.32 Å². The quantitative estimate of drug-likeness (QED) is 0.438. The summed E-state index contributed by atoms with van der Waals surface area (Å²) in [7, 11) is -3.89. The number of nitrogens with one attached hydrogen (secondary N) is 1. The molecule has 0 aliphatic carbocycles. The van der Waals surface area contributed by atoms with Crippen LogP contribution in [0.4, 0.5) is 0 Å². The Morgan fingerprint density at radius 1 is 1.00 bits per heavy atom. The van der Waals surface area contributed by atoms with Gasteiger partial charge in [0, 0.05) is 6.16 Å². The molecule has 156 valence electrons. The van der Waals surface area contributed by atoms with Gasteiger partial charge >= 0.3 is 5.97 Å². The molecule has 2 unspecified atom stereocenters. The van der Waals surface area contributed by atoms with Crippen LogP contribution in [-0.4, -0.2) is 39.9 Å². The fourth-order valence-corrected chi connectivity index (χ4v) is 4.67. The molecule has 2 aromatic rings. The number of carboxylic acid groups (broad SMARTS) is 1. The van der Waals surface area contributed by atoms with E-state index >= 15 is 0 Å². The van der Waals surface area contributed by atoms with E-state index in [0.717, 1.165) is 11.1 Å². The Labute approximate surface area is 170 Å². The van der Waals surface area contributed by atoms with Gasteiger partial charge in [0.15, 0.2) is 0 Å². The first kappa shape index (κ1) is 22.8. The van der Waals surface area contributed by atoms with Crippen LogP contribution in [0.5, 0.6) is 0 Å². The monoisotopic (exact) mass is 418 g/mol. The standard InChI is InChI=1S/C21H27N2O5P/c1-15(21(25)26)23-20(24)18(12-16-8-4-2-5-9-16)14-29(27,28)19(22)13-17-10-6-3-7-11-17/h2-11,15,18-19H,12-14,22H2,1H3,(H,23,24)(H,25,26)(H,27,28)/t15-,18+,19?/m0/s1. The first-order valence-electron chi connectivity index (χ1n) is 9.37. The van der Waals surface area contributed by atoms with Crippen molar-refractivity contribution < 1.29 is 24.2 Å². The molecule has 0 bridgehead atoms. The largest absolute Gasteiger partial charge is 0.480 e. The number of aliphatic carboxylic acids is 1. The van der Waals surface area contributed by atoms with Crippen LogP contribution in [0.15, 0.2) is 60.7 Å². The van der Waals surface area contributed by atoms with Gasteiger partial charge in [-0.05, 0) is 30.9 Å². The molecule has 0 spiro atoms. The van der Waals surface area contributed by atoms with Gasteiger partial charge in [-0.2, -0.15) is 0 Å². The summed E-state index contributed by atoms with van der Waals surface area (Å²) in [6.07, 6.45) is 0.0928. The van der Waals surface area contributed by atoms with Crippen LogP contribution < -0.4 is 11.1 Å². The number of carbonyl (C=O) groups is 2. The molecule has 5 N–H and O–H groups in total. The van der Waals surface area contributed by atoms with E-state index in [1.165, 1.54) is 6.92 Å². The molecule has 0 saturated heterocycles. The van der Waals surface area contributed by atoms with Crippen LogP contribution in [0, 0.1) is 5.92 Å². The fraction of sp³-hybridized carbons (Fsp3) is 0.333. The summed E-state index contributed by atoms with van der Waals surface area (Å²) in [5.41, 5.74) is 7.68. The molecule has 0 aromatic heterocycles. The Morgan fingerprint density at radius 2 is 1.48 bits per heavy atom. The third kappa shape index (κ3) is 7.13. The van der Waals surface area contributed by atoms with Crippen molar-refractivity contribution in [3.05, 3.63) is 71.8 Å². The lowest BCUT2D eigenvalue weighted by molar-refractivity contribution is -0.141. The van der Waals surface area contributed by atoms with E-state index in [1.54, 1.807) is 0 Å². The number of amides is 1. The van der Waals surface area contributed by atoms with Gasteiger partial charge in [-0.15, -0.1) is 0 Å². The summed E-state index contributed by atoms with van der Waals surface area (Å²) < 4.78 is 13.0. The third-order valence-electron chi connectivity index (χ3n) is 4.71. The number of nitrogens with two attached hydrogens (primary N) is 1. The SMILES string of the molecule is C[C@H](NC(=O)[C@H](Cc1ccccc1)CP(=O)(O)C(N)Cc1ccccc1)C(=O)O. The van der Waals surface area contributed by atoms with Gasteiger partial charge in [0.1, 0.15) is 6.04 Å². The minimum atomic E-state index is -3.89. The maximum atomic E-state index is 13.0. The highest BCUT2D eigenvalue weighted by Crippen LogP contribution is 2.47. The highest BCUT2D eigenvalue weighted by atomic mass is 31.2. The predicted molar refractivity (Wildman–Crippen MR) is 112 cm³/mol. The first-order valence-corrected chi connectivity index (χ1v) is 11.3. The van der Waals surface area contributed by atoms with Crippen molar-refractivity contribution >= 4 is 19.2 Å². The van der Waals surface area contributed by atoms with Crippen molar-refractivity contribution in [2.24, 2.45) is 11.7 Å². The molecule has 0 saturated carbocycles. The highest BCUT2D eigenvalue weighted by molar-refractivity contribution is 7.58. The lowest BCUT2D eigenvalue weighted by Crippen LogP contribution is -2.43. The molecule has 0 radical (unpaired) electrons. The first-order chi connectivity index (χ1) is 13.7. The zero-order chi connectivity index (χ0) is 21.4. The molecule has 1 amide bonds. The van der Waals surface area contributed by atoms with Gasteiger partial charge in [-0.3, -0.25) is 14.2 Å². The summed E-state index contributed by atoms with van der Waals surface area (Å²) in [6.45, 7) is 1.35. The average Bonchev–Trinajstić information content (AvgIpc) is 2.68. The van der Waals surface area contributed by atoms with Crippen molar-refractivity contribution in [1.82, 2.24) is 5.32 Å². The molecule has 7 nitrogen and oxygen atoms in total. The topological polar surface area (TPSA) is 130 Å². The second-order valence-electron chi connectivity index (χ2n) is 7.15. The molecule has 0 heterocycles. The number of carbonyl (C=O) groups excluding carboxylic acids is 1. The predicted octanol–water partition coefficient (Wildman–Crippen LogP) is 2.23. The molecular formula is C21H27N2O5P. The Kier molecular flexibility index (Phi) is 8.14. The number of rotatable bonds is 10. The summed E-state index contributed by atoms with van der Waals surface area (Å²) in [4.78, 5) is 34.4. The van der Waals surface area contributed by atoms with Crippen LogP contribution in [0.25, 0.3) is 0 Å². The fourth-order valence-electron chi connectivity index (χ4n) is 2.98.